The number of carboxylic acid groups (broad SMARTS) is 1. The number of aromatic nitrogens is 3. The van der Waals surface area contributed by atoms with Gasteiger partial charge in [0.15, 0.2) is 5.69 Å². The molecule has 0 radical (unpaired) electrons. The zero-order valence-electron chi connectivity index (χ0n) is 14.9. The van der Waals surface area contributed by atoms with Gasteiger partial charge in [0, 0.05) is 25.2 Å². The quantitative estimate of drug-likeness (QED) is 0.769. The summed E-state index contributed by atoms with van der Waals surface area (Å²) in [4.78, 5) is 13.5. The fraction of sp³-hybridized carbons (Fsp3) is 0.250. The van der Waals surface area contributed by atoms with Crippen molar-refractivity contribution >= 4 is 5.97 Å². The van der Waals surface area contributed by atoms with Gasteiger partial charge in [-0.15, -0.1) is 5.10 Å². The summed E-state index contributed by atoms with van der Waals surface area (Å²) < 4.78 is 15.5. The third-order valence-corrected chi connectivity index (χ3v) is 5.00. The fourth-order valence-corrected chi connectivity index (χ4v) is 3.60. The number of fused-ring (bicyclic) bond motifs is 1. The van der Waals surface area contributed by atoms with Gasteiger partial charge in [-0.3, -0.25) is 4.90 Å². The highest BCUT2D eigenvalue weighted by Crippen LogP contribution is 2.27. The van der Waals surface area contributed by atoms with Gasteiger partial charge in [-0.2, -0.15) is 0 Å². The van der Waals surface area contributed by atoms with E-state index < -0.39 is 5.97 Å². The molecule has 3 aromatic rings. The number of nitrogens with zero attached hydrogens (tertiary/aromatic N) is 4. The first-order valence-corrected chi connectivity index (χ1v) is 8.77. The molecule has 4 rings (SSSR count). The van der Waals surface area contributed by atoms with Crippen molar-refractivity contribution < 1.29 is 14.3 Å². The second-order valence-electron chi connectivity index (χ2n) is 6.71. The number of carbonyl (C=O) groups is 1. The first-order chi connectivity index (χ1) is 13.0. The highest BCUT2D eigenvalue weighted by atomic mass is 19.1. The third-order valence-electron chi connectivity index (χ3n) is 5.00. The fourth-order valence-electron chi connectivity index (χ4n) is 3.60. The van der Waals surface area contributed by atoms with E-state index in [2.05, 4.69) is 21.3 Å². The minimum absolute atomic E-state index is 0.0374. The van der Waals surface area contributed by atoms with Gasteiger partial charge < -0.3 is 5.11 Å². The molecule has 0 aliphatic carbocycles. The van der Waals surface area contributed by atoms with Gasteiger partial charge >= 0.3 is 5.97 Å². The number of hydrogen-bond acceptors (Lipinski definition) is 4. The van der Waals surface area contributed by atoms with Crippen LogP contribution >= 0.6 is 0 Å². The maximum Gasteiger partial charge on any atom is 0.358 e. The molecule has 6 nitrogen and oxygen atoms in total. The van der Waals surface area contributed by atoms with E-state index >= 15 is 0 Å². The third kappa shape index (κ3) is 3.21. The van der Waals surface area contributed by atoms with Crippen LogP contribution in [0.4, 0.5) is 4.39 Å². The highest BCUT2D eigenvalue weighted by Gasteiger charge is 2.23. The Kier molecular flexibility index (Phi) is 4.45. The van der Waals surface area contributed by atoms with Crippen molar-refractivity contribution in [3.63, 3.8) is 0 Å². The molecular weight excluding hydrogens is 347 g/mol. The summed E-state index contributed by atoms with van der Waals surface area (Å²) in [6, 6.07) is 12.8. The summed E-state index contributed by atoms with van der Waals surface area (Å²) in [5.41, 5.74) is 4.29. The average Bonchev–Trinajstić information content (AvgIpc) is 3.04. The zero-order chi connectivity index (χ0) is 19.0. The Hall–Kier alpha value is -3.06. The molecule has 1 aliphatic rings. The molecular formula is C20H19FN4O2. The molecule has 138 valence electrons. The van der Waals surface area contributed by atoms with Crippen LogP contribution in [-0.4, -0.2) is 37.5 Å². The largest absolute Gasteiger partial charge is 0.476 e. The van der Waals surface area contributed by atoms with Crippen LogP contribution in [0.1, 0.15) is 32.9 Å². The van der Waals surface area contributed by atoms with Gasteiger partial charge in [0.25, 0.3) is 0 Å². The van der Waals surface area contributed by atoms with Crippen LogP contribution in [-0.2, 0) is 19.5 Å². The average molecular weight is 366 g/mol. The van der Waals surface area contributed by atoms with Crippen LogP contribution in [0.5, 0.6) is 0 Å². The Bertz CT molecular complexity index is 1010. The Balaban J connectivity index is 1.62. The molecule has 0 amide bonds. The van der Waals surface area contributed by atoms with E-state index in [-0.39, 0.29) is 11.5 Å². The molecule has 0 saturated heterocycles. The van der Waals surface area contributed by atoms with Crippen LogP contribution in [0.2, 0.25) is 0 Å². The minimum Gasteiger partial charge on any atom is -0.476 e. The van der Waals surface area contributed by atoms with E-state index in [1.807, 2.05) is 24.3 Å². The number of rotatable bonds is 4. The van der Waals surface area contributed by atoms with Crippen LogP contribution in [0.3, 0.4) is 0 Å². The molecule has 0 saturated carbocycles. The van der Waals surface area contributed by atoms with Crippen LogP contribution in [0.15, 0.2) is 42.5 Å². The number of aromatic carboxylic acids is 1. The summed E-state index contributed by atoms with van der Waals surface area (Å²) in [6.07, 6.45) is 0.779. The number of benzene rings is 2. The lowest BCUT2D eigenvalue weighted by Gasteiger charge is -2.30. The van der Waals surface area contributed by atoms with Crippen molar-refractivity contribution in [3.8, 4) is 5.69 Å². The maximum atomic E-state index is 13.9. The lowest BCUT2D eigenvalue weighted by Crippen LogP contribution is -2.31. The molecule has 1 aromatic heterocycles. The number of halogens is 1. The minimum atomic E-state index is -1.08. The number of carboxylic acids is 1. The normalized spacial score (nSPS) is 14.1. The molecule has 0 unspecified atom stereocenters. The summed E-state index contributed by atoms with van der Waals surface area (Å²) in [5.74, 6) is -1.27. The Labute approximate surface area is 155 Å². The second kappa shape index (κ2) is 6.92. The Morgan fingerprint density at radius 3 is 2.78 bits per heavy atom. The monoisotopic (exact) mass is 366 g/mol. The smallest absolute Gasteiger partial charge is 0.358 e. The van der Waals surface area contributed by atoms with Gasteiger partial charge in [0.1, 0.15) is 5.82 Å². The second-order valence-corrected chi connectivity index (χ2v) is 6.71. The van der Waals surface area contributed by atoms with Crippen molar-refractivity contribution in [2.24, 2.45) is 0 Å². The van der Waals surface area contributed by atoms with Crippen LogP contribution in [0.25, 0.3) is 5.69 Å². The molecule has 1 N–H and O–H groups in total. The predicted molar refractivity (Wildman–Crippen MR) is 97.3 cm³/mol. The SMILES string of the molecule is Cc1c(C(=O)O)nnn1-c1cccc2c1CCN(Cc1ccccc1F)C2. The Morgan fingerprint density at radius 1 is 1.22 bits per heavy atom. The van der Waals surface area contributed by atoms with E-state index in [4.69, 9.17) is 0 Å². The molecule has 27 heavy (non-hydrogen) atoms. The van der Waals surface area contributed by atoms with Crippen molar-refractivity contribution in [2.45, 2.75) is 26.4 Å². The first-order valence-electron chi connectivity index (χ1n) is 8.77. The first kappa shape index (κ1) is 17.4. The van der Waals surface area contributed by atoms with E-state index in [1.165, 1.54) is 6.07 Å². The Morgan fingerprint density at radius 2 is 2.04 bits per heavy atom. The van der Waals surface area contributed by atoms with Crippen molar-refractivity contribution in [3.05, 3.63) is 76.4 Å². The van der Waals surface area contributed by atoms with Gasteiger partial charge in [0.05, 0.1) is 11.4 Å². The van der Waals surface area contributed by atoms with Crippen molar-refractivity contribution in [1.82, 2.24) is 19.9 Å². The van der Waals surface area contributed by atoms with Crippen LogP contribution < -0.4 is 0 Å². The zero-order valence-corrected chi connectivity index (χ0v) is 14.9. The van der Waals surface area contributed by atoms with E-state index in [0.717, 1.165) is 29.8 Å². The summed E-state index contributed by atoms with van der Waals surface area (Å²) in [7, 11) is 0. The molecule has 2 heterocycles. The molecule has 0 bridgehead atoms. The number of hydrogen-bond donors (Lipinski definition) is 1. The molecule has 1 aliphatic heterocycles. The summed E-state index contributed by atoms with van der Waals surface area (Å²) in [6.45, 7) is 3.76. The van der Waals surface area contributed by atoms with Crippen molar-refractivity contribution in [2.75, 3.05) is 6.54 Å². The highest BCUT2D eigenvalue weighted by molar-refractivity contribution is 5.86. The molecule has 2 aromatic carbocycles. The van der Waals surface area contributed by atoms with E-state index in [1.54, 1.807) is 17.7 Å². The standard InChI is InChI=1S/C20H19FN4O2/c1-13-19(20(26)27)22-23-25(13)18-8-4-6-14-11-24(10-9-16(14)18)12-15-5-2-3-7-17(15)21/h2-8H,9-12H2,1H3,(H,26,27). The molecule has 0 fully saturated rings. The summed E-state index contributed by atoms with van der Waals surface area (Å²) in [5, 5.41) is 17.0. The predicted octanol–water partition coefficient (Wildman–Crippen LogP) is 2.97. The molecule has 0 atom stereocenters. The van der Waals surface area contributed by atoms with Crippen LogP contribution in [0, 0.1) is 12.7 Å². The summed E-state index contributed by atoms with van der Waals surface area (Å²) >= 11 is 0. The van der Waals surface area contributed by atoms with Gasteiger partial charge in [-0.25, -0.2) is 13.9 Å². The van der Waals surface area contributed by atoms with Gasteiger partial charge in [0.2, 0.25) is 0 Å². The lowest BCUT2D eigenvalue weighted by molar-refractivity contribution is 0.0689. The van der Waals surface area contributed by atoms with Crippen molar-refractivity contribution in [1.29, 1.82) is 0 Å². The van der Waals surface area contributed by atoms with E-state index in [0.29, 0.717) is 24.3 Å². The van der Waals surface area contributed by atoms with E-state index in [9.17, 15) is 14.3 Å². The lowest BCUT2D eigenvalue weighted by atomic mass is 9.97. The topological polar surface area (TPSA) is 71.2 Å². The molecule has 7 heteroatoms. The van der Waals surface area contributed by atoms with Gasteiger partial charge in [-0.1, -0.05) is 35.5 Å². The van der Waals surface area contributed by atoms with Gasteiger partial charge in [-0.05, 0) is 36.6 Å². The molecule has 0 spiro atoms. The maximum absolute atomic E-state index is 13.9.